The SMILES string of the molecule is NCC1(c2cccc(F)c2)CCOCC1. The van der Waals surface area contributed by atoms with E-state index in [1.165, 1.54) is 6.07 Å². The largest absolute Gasteiger partial charge is 0.381 e. The molecular weight excluding hydrogens is 193 g/mol. The number of ether oxygens (including phenoxy) is 1. The maximum absolute atomic E-state index is 13.2. The Morgan fingerprint density at radius 2 is 2.07 bits per heavy atom. The van der Waals surface area contributed by atoms with E-state index in [0.717, 1.165) is 18.4 Å². The van der Waals surface area contributed by atoms with Crippen molar-refractivity contribution in [1.29, 1.82) is 0 Å². The summed E-state index contributed by atoms with van der Waals surface area (Å²) in [4.78, 5) is 0. The van der Waals surface area contributed by atoms with Crippen LogP contribution in [0.4, 0.5) is 4.39 Å². The minimum atomic E-state index is -0.188. The molecule has 0 radical (unpaired) electrons. The smallest absolute Gasteiger partial charge is 0.123 e. The second-order valence-corrected chi connectivity index (χ2v) is 4.11. The number of hydrogen-bond acceptors (Lipinski definition) is 2. The molecule has 0 spiro atoms. The van der Waals surface area contributed by atoms with Crippen LogP contribution in [0.15, 0.2) is 24.3 Å². The Labute approximate surface area is 89.2 Å². The van der Waals surface area contributed by atoms with Crippen molar-refractivity contribution in [2.24, 2.45) is 5.73 Å². The Hall–Kier alpha value is -0.930. The molecule has 0 atom stereocenters. The topological polar surface area (TPSA) is 35.2 Å². The Morgan fingerprint density at radius 3 is 2.67 bits per heavy atom. The first-order chi connectivity index (χ1) is 7.27. The molecule has 0 aromatic heterocycles. The van der Waals surface area contributed by atoms with Crippen molar-refractivity contribution in [3.05, 3.63) is 35.6 Å². The van der Waals surface area contributed by atoms with Gasteiger partial charge in [-0.15, -0.1) is 0 Å². The lowest BCUT2D eigenvalue weighted by Crippen LogP contribution is -2.40. The molecule has 1 aromatic carbocycles. The van der Waals surface area contributed by atoms with Gasteiger partial charge in [0.2, 0.25) is 0 Å². The molecule has 1 aromatic rings. The normalized spacial score (nSPS) is 20.1. The molecule has 0 amide bonds. The molecule has 1 fully saturated rings. The molecular formula is C12H16FNO. The van der Waals surface area contributed by atoms with Crippen molar-refractivity contribution < 1.29 is 9.13 Å². The van der Waals surface area contributed by atoms with Gasteiger partial charge in [-0.2, -0.15) is 0 Å². The van der Waals surface area contributed by atoms with Crippen LogP contribution < -0.4 is 5.73 Å². The summed E-state index contributed by atoms with van der Waals surface area (Å²) in [5.41, 5.74) is 6.77. The van der Waals surface area contributed by atoms with Gasteiger partial charge in [-0.25, -0.2) is 4.39 Å². The van der Waals surface area contributed by atoms with Gasteiger partial charge >= 0.3 is 0 Å². The summed E-state index contributed by atoms with van der Waals surface area (Å²) >= 11 is 0. The molecule has 1 aliphatic rings. The van der Waals surface area contributed by atoms with Gasteiger partial charge in [0.05, 0.1) is 0 Å². The minimum Gasteiger partial charge on any atom is -0.381 e. The average Bonchev–Trinajstić information content (AvgIpc) is 2.30. The third kappa shape index (κ3) is 2.03. The Balaban J connectivity index is 2.32. The number of rotatable bonds is 2. The third-order valence-corrected chi connectivity index (χ3v) is 3.28. The van der Waals surface area contributed by atoms with Crippen molar-refractivity contribution in [3.63, 3.8) is 0 Å². The summed E-state index contributed by atoms with van der Waals surface area (Å²) in [6, 6.07) is 6.77. The summed E-state index contributed by atoms with van der Waals surface area (Å²) in [6.07, 6.45) is 1.76. The molecule has 82 valence electrons. The van der Waals surface area contributed by atoms with Crippen molar-refractivity contribution in [3.8, 4) is 0 Å². The molecule has 2 nitrogen and oxygen atoms in total. The molecule has 0 aliphatic carbocycles. The fraction of sp³-hybridized carbons (Fsp3) is 0.500. The van der Waals surface area contributed by atoms with E-state index in [1.807, 2.05) is 6.07 Å². The van der Waals surface area contributed by atoms with Crippen molar-refractivity contribution in [2.45, 2.75) is 18.3 Å². The number of benzene rings is 1. The van der Waals surface area contributed by atoms with Gasteiger partial charge < -0.3 is 10.5 Å². The standard InChI is InChI=1S/C12H16FNO/c13-11-3-1-2-10(8-11)12(9-14)4-6-15-7-5-12/h1-3,8H,4-7,9,14H2. The molecule has 15 heavy (non-hydrogen) atoms. The zero-order valence-electron chi connectivity index (χ0n) is 8.71. The molecule has 0 bridgehead atoms. The van der Waals surface area contributed by atoms with Crippen molar-refractivity contribution in [1.82, 2.24) is 0 Å². The lowest BCUT2D eigenvalue weighted by Gasteiger charge is -2.36. The van der Waals surface area contributed by atoms with Crippen LogP contribution >= 0.6 is 0 Å². The van der Waals surface area contributed by atoms with Crippen molar-refractivity contribution in [2.75, 3.05) is 19.8 Å². The van der Waals surface area contributed by atoms with Gasteiger partial charge in [0, 0.05) is 25.2 Å². The molecule has 2 rings (SSSR count). The zero-order valence-corrected chi connectivity index (χ0v) is 8.71. The summed E-state index contributed by atoms with van der Waals surface area (Å²) in [7, 11) is 0. The van der Waals surface area contributed by atoms with E-state index < -0.39 is 0 Å². The fourth-order valence-electron chi connectivity index (χ4n) is 2.19. The van der Waals surface area contributed by atoms with Crippen LogP contribution in [-0.2, 0) is 10.2 Å². The maximum Gasteiger partial charge on any atom is 0.123 e. The minimum absolute atomic E-state index is 0.0830. The Bertz CT molecular complexity index is 334. The van der Waals surface area contributed by atoms with E-state index in [-0.39, 0.29) is 11.2 Å². The molecule has 3 heteroatoms. The van der Waals surface area contributed by atoms with Crippen LogP contribution in [0.5, 0.6) is 0 Å². The highest BCUT2D eigenvalue weighted by atomic mass is 19.1. The fourth-order valence-corrected chi connectivity index (χ4v) is 2.19. The molecule has 1 saturated heterocycles. The highest BCUT2D eigenvalue weighted by Crippen LogP contribution is 2.33. The molecule has 1 aliphatic heterocycles. The van der Waals surface area contributed by atoms with Crippen LogP contribution in [0.3, 0.4) is 0 Å². The van der Waals surface area contributed by atoms with Crippen LogP contribution in [0.1, 0.15) is 18.4 Å². The van der Waals surface area contributed by atoms with E-state index in [4.69, 9.17) is 10.5 Å². The summed E-state index contributed by atoms with van der Waals surface area (Å²) < 4.78 is 18.5. The Morgan fingerprint density at radius 1 is 1.33 bits per heavy atom. The summed E-state index contributed by atoms with van der Waals surface area (Å²) in [5, 5.41) is 0. The monoisotopic (exact) mass is 209 g/mol. The molecule has 2 N–H and O–H groups in total. The van der Waals surface area contributed by atoms with Gasteiger partial charge in [-0.3, -0.25) is 0 Å². The van der Waals surface area contributed by atoms with Crippen LogP contribution in [0.2, 0.25) is 0 Å². The van der Waals surface area contributed by atoms with E-state index >= 15 is 0 Å². The maximum atomic E-state index is 13.2. The molecule has 0 saturated carbocycles. The Kier molecular flexibility index (Phi) is 3.03. The number of hydrogen-bond donors (Lipinski definition) is 1. The van der Waals surface area contributed by atoms with E-state index in [0.29, 0.717) is 19.8 Å². The molecule has 1 heterocycles. The summed E-state index contributed by atoms with van der Waals surface area (Å²) in [6.45, 7) is 1.99. The van der Waals surface area contributed by atoms with Crippen LogP contribution in [-0.4, -0.2) is 19.8 Å². The van der Waals surface area contributed by atoms with E-state index in [1.54, 1.807) is 12.1 Å². The molecule has 0 unspecified atom stereocenters. The quantitative estimate of drug-likeness (QED) is 0.806. The number of nitrogens with two attached hydrogens (primary N) is 1. The van der Waals surface area contributed by atoms with E-state index in [9.17, 15) is 4.39 Å². The van der Waals surface area contributed by atoms with E-state index in [2.05, 4.69) is 0 Å². The predicted molar refractivity (Wildman–Crippen MR) is 57.2 cm³/mol. The van der Waals surface area contributed by atoms with Gasteiger partial charge in [0.1, 0.15) is 5.82 Å². The summed E-state index contributed by atoms with van der Waals surface area (Å²) in [5.74, 6) is -0.188. The number of halogens is 1. The lowest BCUT2D eigenvalue weighted by atomic mass is 9.74. The zero-order chi connectivity index (χ0) is 10.7. The van der Waals surface area contributed by atoms with Gasteiger partial charge in [-0.05, 0) is 30.5 Å². The third-order valence-electron chi connectivity index (χ3n) is 3.28. The van der Waals surface area contributed by atoms with Crippen molar-refractivity contribution >= 4 is 0 Å². The second-order valence-electron chi connectivity index (χ2n) is 4.11. The highest BCUT2D eigenvalue weighted by Gasteiger charge is 2.33. The predicted octanol–water partition coefficient (Wildman–Crippen LogP) is 1.83. The first kappa shape index (κ1) is 10.6. The first-order valence-corrected chi connectivity index (χ1v) is 5.31. The average molecular weight is 209 g/mol. The van der Waals surface area contributed by atoms with Gasteiger partial charge in [-0.1, -0.05) is 12.1 Å². The highest BCUT2D eigenvalue weighted by molar-refractivity contribution is 5.27. The first-order valence-electron chi connectivity index (χ1n) is 5.31. The second kappa shape index (κ2) is 4.29. The van der Waals surface area contributed by atoms with Crippen LogP contribution in [0, 0.1) is 5.82 Å². The lowest BCUT2D eigenvalue weighted by molar-refractivity contribution is 0.0528. The van der Waals surface area contributed by atoms with Crippen LogP contribution in [0.25, 0.3) is 0 Å². The van der Waals surface area contributed by atoms with Gasteiger partial charge in [0.15, 0.2) is 0 Å². The van der Waals surface area contributed by atoms with Gasteiger partial charge in [0.25, 0.3) is 0 Å².